The lowest BCUT2D eigenvalue weighted by Gasteiger charge is -2.14. The van der Waals surface area contributed by atoms with Crippen molar-refractivity contribution in [1.82, 2.24) is 0 Å². The van der Waals surface area contributed by atoms with E-state index >= 15 is 0 Å². The maximum Gasteiger partial charge on any atom is 0.160 e. The van der Waals surface area contributed by atoms with Crippen LogP contribution in [0.5, 0.6) is 0 Å². The van der Waals surface area contributed by atoms with E-state index in [1.54, 1.807) is 6.08 Å². The Labute approximate surface area is 117 Å². The zero-order valence-electron chi connectivity index (χ0n) is 11.7. The zero-order chi connectivity index (χ0) is 13.9. The molecule has 0 aromatic rings. The van der Waals surface area contributed by atoms with Crippen LogP contribution in [0.4, 0.5) is 0 Å². The smallest absolute Gasteiger partial charge is 0.160 e. The Balaban J connectivity index is 2.23. The van der Waals surface area contributed by atoms with Crippen molar-refractivity contribution in [1.29, 1.82) is 0 Å². The molecular weight excluding hydrogens is 240 g/mol. The van der Waals surface area contributed by atoms with Crippen molar-refractivity contribution in [3.63, 3.8) is 0 Å². The third-order valence-corrected chi connectivity index (χ3v) is 2.60. The average Bonchev–Trinajstić information content (AvgIpc) is 2.92. The van der Waals surface area contributed by atoms with Gasteiger partial charge in [0.2, 0.25) is 0 Å². The molecule has 1 fully saturated rings. The van der Waals surface area contributed by atoms with E-state index in [1.165, 1.54) is 0 Å². The molecule has 0 aliphatic heterocycles. The molecule has 0 aromatic heterocycles. The third kappa shape index (κ3) is 6.90. The number of hydrogen-bond donors (Lipinski definition) is 1. The van der Waals surface area contributed by atoms with Crippen LogP contribution in [0.2, 0.25) is 0 Å². The SMILES string of the molecule is CCOC(C/C=C/C=C/C(O)[C]1[CH][CH][CH][CH]1)OCC. The number of ether oxygens (including phenoxy) is 2. The Kier molecular flexibility index (Phi) is 8.80. The molecule has 1 aliphatic carbocycles. The van der Waals surface area contributed by atoms with Crippen LogP contribution in [0.3, 0.4) is 0 Å². The van der Waals surface area contributed by atoms with Gasteiger partial charge in [0.1, 0.15) is 0 Å². The van der Waals surface area contributed by atoms with Gasteiger partial charge in [-0.15, -0.1) is 0 Å². The maximum atomic E-state index is 9.82. The quantitative estimate of drug-likeness (QED) is 0.513. The summed E-state index contributed by atoms with van der Waals surface area (Å²) in [5, 5.41) is 9.82. The normalized spacial score (nSPS) is 19.2. The van der Waals surface area contributed by atoms with Gasteiger partial charge in [0, 0.05) is 25.6 Å². The summed E-state index contributed by atoms with van der Waals surface area (Å²) in [6.45, 7) is 5.19. The molecule has 3 nitrogen and oxygen atoms in total. The lowest BCUT2D eigenvalue weighted by Crippen LogP contribution is -2.16. The van der Waals surface area contributed by atoms with Gasteiger partial charge in [0.15, 0.2) is 6.29 Å². The highest BCUT2D eigenvalue weighted by Gasteiger charge is 2.22. The van der Waals surface area contributed by atoms with Gasteiger partial charge >= 0.3 is 0 Å². The summed E-state index contributed by atoms with van der Waals surface area (Å²) in [5.41, 5.74) is 0. The Morgan fingerprint density at radius 2 is 1.74 bits per heavy atom. The van der Waals surface area contributed by atoms with Gasteiger partial charge < -0.3 is 14.6 Å². The molecule has 1 aliphatic rings. The second kappa shape index (κ2) is 10.2. The fourth-order valence-corrected chi connectivity index (χ4v) is 1.69. The molecule has 0 amide bonds. The molecule has 1 N–H and O–H groups in total. The minimum atomic E-state index is -0.547. The van der Waals surface area contributed by atoms with Gasteiger partial charge in [-0.1, -0.05) is 24.3 Å². The van der Waals surface area contributed by atoms with Crippen LogP contribution in [-0.2, 0) is 9.47 Å². The molecule has 19 heavy (non-hydrogen) atoms. The molecular formula is C16H23O3. The van der Waals surface area contributed by atoms with Crippen LogP contribution in [0, 0.1) is 31.6 Å². The van der Waals surface area contributed by atoms with Gasteiger partial charge in [-0.3, -0.25) is 0 Å². The zero-order valence-corrected chi connectivity index (χ0v) is 11.7. The molecule has 0 bridgehead atoms. The summed E-state index contributed by atoms with van der Waals surface area (Å²) in [4.78, 5) is 0. The molecule has 1 atom stereocenters. The van der Waals surface area contributed by atoms with Gasteiger partial charge in [0.05, 0.1) is 6.10 Å². The van der Waals surface area contributed by atoms with Crippen molar-refractivity contribution in [2.45, 2.75) is 32.7 Å². The van der Waals surface area contributed by atoms with Crippen molar-refractivity contribution < 1.29 is 14.6 Å². The third-order valence-electron chi connectivity index (χ3n) is 2.60. The Morgan fingerprint density at radius 3 is 2.32 bits per heavy atom. The monoisotopic (exact) mass is 263 g/mol. The molecule has 5 radical (unpaired) electrons. The van der Waals surface area contributed by atoms with Crippen LogP contribution >= 0.6 is 0 Å². The number of aliphatic hydroxyl groups excluding tert-OH is 1. The largest absolute Gasteiger partial charge is 0.388 e. The van der Waals surface area contributed by atoms with E-state index in [-0.39, 0.29) is 6.29 Å². The van der Waals surface area contributed by atoms with E-state index in [0.717, 1.165) is 5.92 Å². The summed E-state index contributed by atoms with van der Waals surface area (Å²) in [6, 6.07) is 0. The van der Waals surface area contributed by atoms with Gasteiger partial charge in [0.25, 0.3) is 0 Å². The first kappa shape index (κ1) is 16.4. The average molecular weight is 263 g/mol. The van der Waals surface area contributed by atoms with E-state index in [1.807, 2.05) is 57.8 Å². The predicted molar refractivity (Wildman–Crippen MR) is 76.4 cm³/mol. The molecule has 1 saturated carbocycles. The molecule has 0 heterocycles. The van der Waals surface area contributed by atoms with Crippen molar-refractivity contribution in [3.8, 4) is 0 Å². The van der Waals surface area contributed by atoms with E-state index in [2.05, 4.69) is 0 Å². The van der Waals surface area contributed by atoms with Crippen LogP contribution < -0.4 is 0 Å². The van der Waals surface area contributed by atoms with Gasteiger partial charge in [-0.05, 0) is 39.5 Å². The Morgan fingerprint density at radius 1 is 1.11 bits per heavy atom. The minimum Gasteiger partial charge on any atom is -0.388 e. The van der Waals surface area contributed by atoms with Crippen molar-refractivity contribution in [3.05, 3.63) is 55.9 Å². The summed E-state index contributed by atoms with van der Waals surface area (Å²) in [7, 11) is 0. The number of aliphatic hydroxyl groups is 1. The number of allylic oxidation sites excluding steroid dienone is 2. The number of rotatable bonds is 9. The molecule has 1 unspecified atom stereocenters. The molecule has 0 saturated heterocycles. The molecule has 3 heteroatoms. The maximum absolute atomic E-state index is 9.82. The van der Waals surface area contributed by atoms with Crippen LogP contribution in [0.15, 0.2) is 24.3 Å². The highest BCUT2D eigenvalue weighted by Crippen LogP contribution is 2.26. The van der Waals surface area contributed by atoms with Crippen LogP contribution in [-0.4, -0.2) is 30.7 Å². The fraction of sp³-hybridized carbons (Fsp3) is 0.438. The summed E-state index contributed by atoms with van der Waals surface area (Å²) in [6.07, 6.45) is 15.1. The first-order valence-electron chi connectivity index (χ1n) is 6.74. The highest BCUT2D eigenvalue weighted by molar-refractivity contribution is 5.39. The van der Waals surface area contributed by atoms with E-state index < -0.39 is 6.10 Å². The van der Waals surface area contributed by atoms with E-state index in [4.69, 9.17) is 9.47 Å². The lowest BCUT2D eigenvalue weighted by atomic mass is 10.0. The van der Waals surface area contributed by atoms with E-state index in [9.17, 15) is 5.11 Å². The van der Waals surface area contributed by atoms with Crippen LogP contribution in [0.1, 0.15) is 20.3 Å². The Hall–Kier alpha value is -0.640. The van der Waals surface area contributed by atoms with Crippen molar-refractivity contribution in [2.24, 2.45) is 0 Å². The Bertz CT molecular complexity index is 261. The summed E-state index contributed by atoms with van der Waals surface area (Å²) < 4.78 is 10.8. The van der Waals surface area contributed by atoms with Crippen molar-refractivity contribution in [2.75, 3.05) is 13.2 Å². The van der Waals surface area contributed by atoms with Crippen LogP contribution in [0.25, 0.3) is 0 Å². The molecule has 0 spiro atoms. The molecule has 0 aromatic carbocycles. The number of hydrogen-bond acceptors (Lipinski definition) is 3. The molecule has 105 valence electrons. The van der Waals surface area contributed by atoms with Gasteiger partial charge in [-0.2, -0.15) is 0 Å². The van der Waals surface area contributed by atoms with Crippen molar-refractivity contribution >= 4 is 0 Å². The first-order valence-corrected chi connectivity index (χ1v) is 6.74. The molecule has 1 rings (SSSR count). The first-order chi connectivity index (χ1) is 9.27. The summed E-state index contributed by atoms with van der Waals surface area (Å²) in [5.74, 6) is 0.908. The lowest BCUT2D eigenvalue weighted by molar-refractivity contribution is -0.133. The van der Waals surface area contributed by atoms with E-state index in [0.29, 0.717) is 19.6 Å². The second-order valence-corrected chi connectivity index (χ2v) is 4.05. The standard InChI is InChI=1S/C16H23O3/c1-3-18-16(19-4-2)13-7-5-6-12-15(17)14-10-8-9-11-14/h5-12,15-17H,3-4,13H2,1-2H3/b7-5+,12-6+. The fourth-order valence-electron chi connectivity index (χ4n) is 1.69. The summed E-state index contributed by atoms with van der Waals surface area (Å²) >= 11 is 0. The van der Waals surface area contributed by atoms with Gasteiger partial charge in [-0.25, -0.2) is 0 Å². The second-order valence-electron chi connectivity index (χ2n) is 4.05. The topological polar surface area (TPSA) is 38.7 Å². The predicted octanol–water partition coefficient (Wildman–Crippen LogP) is 2.65. The highest BCUT2D eigenvalue weighted by atomic mass is 16.7. The minimum absolute atomic E-state index is 0.181.